The Morgan fingerprint density at radius 1 is 1.06 bits per heavy atom. The number of amides is 1. The van der Waals surface area contributed by atoms with Gasteiger partial charge in [0.25, 0.3) is 5.91 Å². The average Bonchev–Trinajstić information content (AvgIpc) is 2.82. The highest BCUT2D eigenvalue weighted by Crippen LogP contribution is 2.27. The van der Waals surface area contributed by atoms with Crippen LogP contribution in [0.1, 0.15) is 17.4 Å². The summed E-state index contributed by atoms with van der Waals surface area (Å²) in [6.45, 7) is 1.29. The van der Waals surface area contributed by atoms with Gasteiger partial charge in [0.1, 0.15) is 17.1 Å². The monoisotopic (exact) mass is 477 g/mol. The summed E-state index contributed by atoms with van der Waals surface area (Å²) in [6, 6.07) is 18.7. The highest BCUT2D eigenvalue weighted by molar-refractivity contribution is 6.30. The van der Waals surface area contributed by atoms with Gasteiger partial charge >= 0.3 is 5.97 Å². The molecule has 0 radical (unpaired) electrons. The van der Waals surface area contributed by atoms with Gasteiger partial charge in [-0.25, -0.2) is 4.79 Å². The molecule has 0 spiro atoms. The van der Waals surface area contributed by atoms with E-state index in [9.17, 15) is 19.5 Å². The molecule has 7 nitrogen and oxygen atoms in total. The SMILES string of the molecule is Cc1oc2cc(OCC(=O)NC(C(=O)O)c3ccccc3)ccc2c(=O)c1-c1ccc(Cl)cc1. The van der Waals surface area contributed by atoms with Crippen LogP contribution >= 0.6 is 11.6 Å². The van der Waals surface area contributed by atoms with Gasteiger partial charge in [-0.3, -0.25) is 9.59 Å². The fourth-order valence-corrected chi connectivity index (χ4v) is 3.74. The molecule has 1 atom stereocenters. The van der Waals surface area contributed by atoms with Crippen molar-refractivity contribution in [3.63, 3.8) is 0 Å². The van der Waals surface area contributed by atoms with E-state index >= 15 is 0 Å². The Hall–Kier alpha value is -4.10. The van der Waals surface area contributed by atoms with Crippen molar-refractivity contribution in [1.82, 2.24) is 5.32 Å². The molecule has 1 heterocycles. The second kappa shape index (κ2) is 9.80. The van der Waals surface area contributed by atoms with E-state index in [1.54, 1.807) is 73.7 Å². The van der Waals surface area contributed by atoms with E-state index < -0.39 is 24.5 Å². The highest BCUT2D eigenvalue weighted by Gasteiger charge is 2.22. The summed E-state index contributed by atoms with van der Waals surface area (Å²) in [7, 11) is 0. The lowest BCUT2D eigenvalue weighted by molar-refractivity contribution is -0.142. The summed E-state index contributed by atoms with van der Waals surface area (Å²) < 4.78 is 11.4. The van der Waals surface area contributed by atoms with Crippen LogP contribution in [-0.4, -0.2) is 23.6 Å². The van der Waals surface area contributed by atoms with Gasteiger partial charge in [-0.2, -0.15) is 0 Å². The fourth-order valence-electron chi connectivity index (χ4n) is 3.61. The molecule has 0 aliphatic rings. The number of carboxylic acids is 1. The number of hydrogen-bond donors (Lipinski definition) is 2. The molecular weight excluding hydrogens is 458 g/mol. The summed E-state index contributed by atoms with van der Waals surface area (Å²) in [5.41, 5.74) is 1.70. The first-order chi connectivity index (χ1) is 16.3. The number of ether oxygens (including phenoxy) is 1. The van der Waals surface area contributed by atoms with Crippen LogP contribution in [0.5, 0.6) is 5.75 Å². The quantitative estimate of drug-likeness (QED) is 0.398. The lowest BCUT2D eigenvalue weighted by Gasteiger charge is -2.15. The third kappa shape index (κ3) is 4.94. The molecule has 34 heavy (non-hydrogen) atoms. The van der Waals surface area contributed by atoms with Crippen molar-refractivity contribution in [1.29, 1.82) is 0 Å². The van der Waals surface area contributed by atoms with Crippen molar-refractivity contribution in [2.24, 2.45) is 0 Å². The van der Waals surface area contributed by atoms with E-state index in [-0.39, 0.29) is 5.43 Å². The second-order valence-corrected chi connectivity index (χ2v) is 8.00. The van der Waals surface area contributed by atoms with Gasteiger partial charge in [-0.1, -0.05) is 54.1 Å². The Bertz CT molecular complexity index is 1410. The van der Waals surface area contributed by atoms with Gasteiger partial charge in [0, 0.05) is 11.1 Å². The van der Waals surface area contributed by atoms with Gasteiger partial charge in [0.15, 0.2) is 12.6 Å². The summed E-state index contributed by atoms with van der Waals surface area (Å²) in [5, 5.41) is 12.8. The van der Waals surface area contributed by atoms with E-state index in [2.05, 4.69) is 5.32 Å². The van der Waals surface area contributed by atoms with E-state index in [0.29, 0.717) is 44.2 Å². The summed E-state index contributed by atoms with van der Waals surface area (Å²) in [4.78, 5) is 37.0. The second-order valence-electron chi connectivity index (χ2n) is 7.57. The molecular formula is C26H20ClNO6. The summed E-state index contributed by atoms with van der Waals surface area (Å²) in [6.07, 6.45) is 0. The minimum atomic E-state index is -1.19. The zero-order chi connectivity index (χ0) is 24.2. The molecule has 172 valence electrons. The van der Waals surface area contributed by atoms with Crippen molar-refractivity contribution in [2.75, 3.05) is 6.61 Å². The van der Waals surface area contributed by atoms with Crippen LogP contribution < -0.4 is 15.5 Å². The number of aliphatic carboxylic acids is 1. The van der Waals surface area contributed by atoms with Gasteiger partial charge in [-0.05, 0) is 42.3 Å². The molecule has 0 fully saturated rings. The molecule has 1 amide bonds. The Labute approximate surface area is 199 Å². The molecule has 1 aromatic heterocycles. The molecule has 3 aromatic carbocycles. The number of hydrogen-bond acceptors (Lipinski definition) is 5. The number of carbonyl (C=O) groups is 2. The maximum absolute atomic E-state index is 13.1. The van der Waals surface area contributed by atoms with Gasteiger partial charge in [-0.15, -0.1) is 0 Å². The number of aryl methyl sites for hydroxylation is 1. The number of halogens is 1. The predicted molar refractivity (Wildman–Crippen MR) is 128 cm³/mol. The van der Waals surface area contributed by atoms with E-state index in [0.717, 1.165) is 0 Å². The van der Waals surface area contributed by atoms with E-state index in [1.807, 2.05) is 0 Å². The zero-order valence-corrected chi connectivity index (χ0v) is 18.8. The molecule has 0 saturated heterocycles. The van der Waals surface area contributed by atoms with Crippen LogP contribution in [0.15, 0.2) is 82.0 Å². The van der Waals surface area contributed by atoms with Crippen LogP contribution in [0, 0.1) is 6.92 Å². The number of fused-ring (bicyclic) bond motifs is 1. The standard InChI is InChI=1S/C26H20ClNO6/c1-15-23(16-7-9-18(27)10-8-16)25(30)20-12-11-19(13-21(20)34-15)33-14-22(29)28-24(26(31)32)17-5-3-2-4-6-17/h2-13,24H,14H2,1H3,(H,28,29)(H,31,32). The van der Waals surface area contributed by atoms with E-state index in [1.165, 1.54) is 6.07 Å². The topological polar surface area (TPSA) is 106 Å². The maximum atomic E-state index is 13.1. The molecule has 0 bridgehead atoms. The smallest absolute Gasteiger partial charge is 0.330 e. The largest absolute Gasteiger partial charge is 0.484 e. The minimum Gasteiger partial charge on any atom is -0.484 e. The Kier molecular flexibility index (Phi) is 6.65. The lowest BCUT2D eigenvalue weighted by Crippen LogP contribution is -2.36. The molecule has 8 heteroatoms. The van der Waals surface area contributed by atoms with Gasteiger partial charge in [0.2, 0.25) is 5.43 Å². The van der Waals surface area contributed by atoms with Crippen molar-refractivity contribution in [3.05, 3.63) is 99.4 Å². The predicted octanol–water partition coefficient (Wildman–Crippen LogP) is 4.74. The van der Waals surface area contributed by atoms with Crippen LogP contribution in [0.4, 0.5) is 0 Å². The number of carbonyl (C=O) groups excluding carboxylic acids is 1. The van der Waals surface area contributed by atoms with E-state index in [4.69, 9.17) is 20.8 Å². The minimum absolute atomic E-state index is 0.197. The van der Waals surface area contributed by atoms with Crippen molar-refractivity contribution in [3.8, 4) is 16.9 Å². The molecule has 4 rings (SSSR count). The maximum Gasteiger partial charge on any atom is 0.330 e. The molecule has 0 aliphatic heterocycles. The van der Waals surface area contributed by atoms with Gasteiger partial charge < -0.3 is 19.6 Å². The van der Waals surface area contributed by atoms with Crippen molar-refractivity contribution < 1.29 is 23.8 Å². The number of carboxylic acid groups (broad SMARTS) is 1. The number of rotatable bonds is 7. The highest BCUT2D eigenvalue weighted by atomic mass is 35.5. The van der Waals surface area contributed by atoms with Crippen LogP contribution in [0.3, 0.4) is 0 Å². The Morgan fingerprint density at radius 3 is 2.44 bits per heavy atom. The summed E-state index contributed by atoms with van der Waals surface area (Å²) >= 11 is 5.94. The lowest BCUT2D eigenvalue weighted by atomic mass is 10.0. The van der Waals surface area contributed by atoms with Gasteiger partial charge in [0.05, 0.1) is 10.9 Å². The molecule has 2 N–H and O–H groups in total. The first-order valence-corrected chi connectivity index (χ1v) is 10.7. The normalized spacial score (nSPS) is 11.7. The Morgan fingerprint density at radius 2 is 1.76 bits per heavy atom. The fraction of sp³-hybridized carbons (Fsp3) is 0.115. The van der Waals surface area contributed by atoms with Crippen molar-refractivity contribution in [2.45, 2.75) is 13.0 Å². The molecule has 4 aromatic rings. The van der Waals surface area contributed by atoms with Crippen molar-refractivity contribution >= 4 is 34.4 Å². The number of nitrogens with one attached hydrogen (secondary N) is 1. The van der Waals surface area contributed by atoms with Crippen LogP contribution in [0.2, 0.25) is 5.02 Å². The molecule has 0 saturated carbocycles. The van der Waals surface area contributed by atoms with Crippen LogP contribution in [0.25, 0.3) is 22.1 Å². The number of benzene rings is 3. The first kappa shape index (κ1) is 23.1. The zero-order valence-electron chi connectivity index (χ0n) is 18.1. The third-order valence-corrected chi connectivity index (χ3v) is 5.48. The Balaban J connectivity index is 1.51. The molecule has 1 unspecified atom stereocenters. The summed E-state index contributed by atoms with van der Waals surface area (Å²) in [5.74, 6) is -1.05. The first-order valence-electron chi connectivity index (χ1n) is 10.4. The van der Waals surface area contributed by atoms with Crippen LogP contribution in [-0.2, 0) is 9.59 Å². The average molecular weight is 478 g/mol. The molecule has 0 aliphatic carbocycles. The third-order valence-electron chi connectivity index (χ3n) is 5.23.